The van der Waals surface area contributed by atoms with Crippen LogP contribution in [0.2, 0.25) is 0 Å². The molecule has 1 N–H and O–H groups in total. The maximum Gasteiger partial charge on any atom is 0.261 e. The summed E-state index contributed by atoms with van der Waals surface area (Å²) < 4.78 is 32.8. The number of nitrogens with zero attached hydrogens (tertiary/aromatic N) is 1. The average Bonchev–Trinajstić information content (AvgIpc) is 3.39. The van der Waals surface area contributed by atoms with Gasteiger partial charge in [-0.3, -0.25) is 9.10 Å². The Morgan fingerprint density at radius 2 is 2.00 bits per heavy atom. The molecule has 0 spiro atoms. The minimum absolute atomic E-state index is 0.0937. The van der Waals surface area contributed by atoms with E-state index in [-0.39, 0.29) is 18.6 Å². The van der Waals surface area contributed by atoms with Gasteiger partial charge >= 0.3 is 0 Å². The third-order valence-corrected chi connectivity index (χ3v) is 7.35. The zero-order valence-corrected chi connectivity index (χ0v) is 18.3. The minimum Gasteiger partial charge on any atom is -0.376 e. The summed E-state index contributed by atoms with van der Waals surface area (Å²) in [4.78, 5) is 13.1. The van der Waals surface area contributed by atoms with E-state index >= 15 is 0 Å². The number of anilines is 1. The number of sulfonamides is 1. The molecule has 1 aromatic heterocycles. The molecular formula is C22H24N2O4S2. The minimum atomic E-state index is -3.47. The van der Waals surface area contributed by atoms with Gasteiger partial charge in [-0.25, -0.2) is 8.42 Å². The van der Waals surface area contributed by atoms with Gasteiger partial charge in [-0.1, -0.05) is 30.3 Å². The molecule has 1 fully saturated rings. The van der Waals surface area contributed by atoms with E-state index in [1.165, 1.54) is 21.9 Å². The topological polar surface area (TPSA) is 75.7 Å². The predicted octanol–water partition coefficient (Wildman–Crippen LogP) is 3.78. The van der Waals surface area contributed by atoms with Crippen LogP contribution in [0.5, 0.6) is 0 Å². The fourth-order valence-electron chi connectivity index (χ4n) is 3.55. The van der Waals surface area contributed by atoms with Crippen molar-refractivity contribution in [1.29, 1.82) is 0 Å². The van der Waals surface area contributed by atoms with Gasteiger partial charge < -0.3 is 10.1 Å². The number of ether oxygens (including phenoxy) is 1. The van der Waals surface area contributed by atoms with Crippen LogP contribution in [0.25, 0.3) is 10.1 Å². The molecule has 6 nitrogen and oxygen atoms in total. The van der Waals surface area contributed by atoms with E-state index in [9.17, 15) is 13.2 Å². The second-order valence-electron chi connectivity index (χ2n) is 7.43. The highest BCUT2D eigenvalue weighted by Gasteiger charge is 2.20. The van der Waals surface area contributed by atoms with Crippen molar-refractivity contribution in [3.8, 4) is 0 Å². The first-order valence-corrected chi connectivity index (χ1v) is 12.5. The molecule has 1 unspecified atom stereocenters. The molecule has 3 aromatic rings. The van der Waals surface area contributed by atoms with E-state index in [4.69, 9.17) is 4.74 Å². The fraction of sp³-hybridized carbons (Fsp3) is 0.318. The number of rotatable bonds is 7. The van der Waals surface area contributed by atoms with Crippen LogP contribution in [0.1, 0.15) is 28.1 Å². The largest absolute Gasteiger partial charge is 0.376 e. The molecule has 8 heteroatoms. The fourth-order valence-corrected chi connectivity index (χ4v) is 5.39. The van der Waals surface area contributed by atoms with Gasteiger partial charge in [0.2, 0.25) is 10.0 Å². The second-order valence-corrected chi connectivity index (χ2v) is 10.4. The average molecular weight is 445 g/mol. The summed E-state index contributed by atoms with van der Waals surface area (Å²) in [6, 6.07) is 16.8. The van der Waals surface area contributed by atoms with Gasteiger partial charge in [0.05, 0.1) is 29.5 Å². The maximum atomic E-state index is 12.5. The molecule has 0 saturated carbocycles. The van der Waals surface area contributed by atoms with Crippen molar-refractivity contribution < 1.29 is 17.9 Å². The SMILES string of the molecule is CS(=O)(=O)N(Cc1ccccc1)c1ccc2sc(C(=O)NCC3CCCO3)cc2c1. The molecule has 1 aliphatic rings. The summed E-state index contributed by atoms with van der Waals surface area (Å²) in [5, 5.41) is 3.78. The van der Waals surface area contributed by atoms with E-state index in [0.29, 0.717) is 17.1 Å². The molecule has 2 heterocycles. The number of benzene rings is 2. The van der Waals surface area contributed by atoms with Crippen molar-refractivity contribution in [2.75, 3.05) is 23.7 Å². The van der Waals surface area contributed by atoms with Crippen LogP contribution in [0.4, 0.5) is 5.69 Å². The summed E-state index contributed by atoms with van der Waals surface area (Å²) in [5.41, 5.74) is 1.49. The van der Waals surface area contributed by atoms with Gasteiger partial charge in [-0.05, 0) is 48.1 Å². The van der Waals surface area contributed by atoms with Crippen molar-refractivity contribution in [2.45, 2.75) is 25.5 Å². The quantitative estimate of drug-likeness (QED) is 0.602. The molecule has 1 amide bonds. The summed E-state index contributed by atoms with van der Waals surface area (Å²) >= 11 is 1.40. The van der Waals surface area contributed by atoms with Crippen LogP contribution in [0.15, 0.2) is 54.6 Å². The number of amides is 1. The van der Waals surface area contributed by atoms with Crippen LogP contribution in [0.3, 0.4) is 0 Å². The first-order chi connectivity index (χ1) is 14.4. The number of carbonyl (C=O) groups is 1. The van der Waals surface area contributed by atoms with Crippen molar-refractivity contribution >= 4 is 43.0 Å². The Morgan fingerprint density at radius 1 is 1.20 bits per heavy atom. The molecule has 2 aromatic carbocycles. The number of hydrogen-bond donors (Lipinski definition) is 1. The molecule has 0 bridgehead atoms. The van der Waals surface area contributed by atoms with Gasteiger partial charge in [0, 0.05) is 17.9 Å². The third kappa shape index (κ3) is 4.83. The molecule has 158 valence electrons. The van der Waals surface area contributed by atoms with E-state index in [1.54, 1.807) is 6.07 Å². The number of thiophene rings is 1. The van der Waals surface area contributed by atoms with Gasteiger partial charge in [0.25, 0.3) is 5.91 Å². The lowest BCUT2D eigenvalue weighted by molar-refractivity contribution is 0.0861. The molecule has 4 rings (SSSR count). The predicted molar refractivity (Wildman–Crippen MR) is 121 cm³/mol. The van der Waals surface area contributed by atoms with Gasteiger partial charge in [0.15, 0.2) is 0 Å². The zero-order chi connectivity index (χ0) is 21.1. The van der Waals surface area contributed by atoms with Crippen LogP contribution in [0, 0.1) is 0 Å². The highest BCUT2D eigenvalue weighted by Crippen LogP contribution is 2.31. The Morgan fingerprint density at radius 3 is 2.70 bits per heavy atom. The van der Waals surface area contributed by atoms with Crippen LogP contribution in [-0.2, 0) is 21.3 Å². The Labute approximate surface area is 180 Å². The summed E-state index contributed by atoms with van der Waals surface area (Å²) in [6.07, 6.45) is 3.30. The van der Waals surface area contributed by atoms with Gasteiger partial charge in [-0.2, -0.15) is 0 Å². The van der Waals surface area contributed by atoms with Crippen molar-refractivity contribution in [3.05, 3.63) is 65.0 Å². The number of fused-ring (bicyclic) bond motifs is 1. The number of hydrogen-bond acceptors (Lipinski definition) is 5. The molecule has 1 aliphatic heterocycles. The third-order valence-electron chi connectivity index (χ3n) is 5.10. The van der Waals surface area contributed by atoms with E-state index in [2.05, 4.69) is 5.32 Å². The normalized spacial score (nSPS) is 16.6. The Bertz CT molecular complexity index is 1140. The van der Waals surface area contributed by atoms with Crippen molar-refractivity contribution in [2.24, 2.45) is 0 Å². The Balaban J connectivity index is 1.56. The first kappa shape index (κ1) is 20.8. The van der Waals surface area contributed by atoms with E-state index in [1.807, 2.05) is 48.5 Å². The Hall–Kier alpha value is -2.42. The van der Waals surface area contributed by atoms with Crippen molar-refractivity contribution in [1.82, 2.24) is 5.32 Å². The molecule has 30 heavy (non-hydrogen) atoms. The number of nitrogens with one attached hydrogen (secondary N) is 1. The lowest BCUT2D eigenvalue weighted by Gasteiger charge is -2.22. The lowest BCUT2D eigenvalue weighted by Crippen LogP contribution is -2.31. The summed E-state index contributed by atoms with van der Waals surface area (Å²) in [7, 11) is -3.47. The highest BCUT2D eigenvalue weighted by molar-refractivity contribution is 7.92. The molecular weight excluding hydrogens is 420 g/mol. The molecule has 1 atom stereocenters. The number of carbonyl (C=O) groups excluding carboxylic acids is 1. The highest BCUT2D eigenvalue weighted by atomic mass is 32.2. The van der Waals surface area contributed by atoms with E-state index in [0.717, 1.165) is 35.1 Å². The molecule has 1 saturated heterocycles. The molecule has 0 radical (unpaired) electrons. The van der Waals surface area contributed by atoms with Crippen molar-refractivity contribution in [3.63, 3.8) is 0 Å². The lowest BCUT2D eigenvalue weighted by atomic mass is 10.2. The maximum absolute atomic E-state index is 12.5. The van der Waals surface area contributed by atoms with Gasteiger partial charge in [0.1, 0.15) is 0 Å². The monoisotopic (exact) mass is 444 g/mol. The second kappa shape index (κ2) is 8.75. The Kier molecular flexibility index (Phi) is 6.08. The zero-order valence-electron chi connectivity index (χ0n) is 16.7. The van der Waals surface area contributed by atoms with Gasteiger partial charge in [-0.15, -0.1) is 11.3 Å². The summed E-state index contributed by atoms with van der Waals surface area (Å²) in [5.74, 6) is -0.127. The summed E-state index contributed by atoms with van der Waals surface area (Å²) in [6.45, 7) is 1.52. The standard InChI is InChI=1S/C22H24N2O4S2/c1-30(26,27)24(15-16-6-3-2-4-7-16)18-9-10-20-17(12-18)13-21(29-20)22(25)23-14-19-8-5-11-28-19/h2-4,6-7,9-10,12-13,19H,5,8,11,14-15H2,1H3,(H,23,25). The van der Waals surface area contributed by atoms with Crippen LogP contribution in [-0.4, -0.2) is 39.8 Å². The molecule has 0 aliphatic carbocycles. The van der Waals surface area contributed by atoms with Crippen LogP contribution >= 0.6 is 11.3 Å². The smallest absolute Gasteiger partial charge is 0.261 e. The van der Waals surface area contributed by atoms with Crippen LogP contribution < -0.4 is 9.62 Å². The first-order valence-electron chi connectivity index (χ1n) is 9.85. The van der Waals surface area contributed by atoms with E-state index < -0.39 is 10.0 Å².